The van der Waals surface area contributed by atoms with Crippen LogP contribution in [0.5, 0.6) is 5.75 Å². The zero-order valence-corrected chi connectivity index (χ0v) is 11.9. The number of halogens is 1. The monoisotopic (exact) mass is 297 g/mol. The maximum atomic E-state index is 12.5. The van der Waals surface area contributed by atoms with Crippen molar-refractivity contribution < 1.29 is 19.8 Å². The third-order valence-electron chi connectivity index (χ3n) is 3.91. The lowest BCUT2D eigenvalue weighted by Gasteiger charge is -2.34. The van der Waals surface area contributed by atoms with Crippen LogP contribution in [0.15, 0.2) is 18.2 Å². The van der Waals surface area contributed by atoms with E-state index < -0.39 is 17.4 Å². The number of aliphatic carboxylic acids is 1. The number of nitrogens with zero attached hydrogens (tertiary/aromatic N) is 1. The van der Waals surface area contributed by atoms with E-state index in [1.54, 1.807) is 6.92 Å². The molecule has 1 aromatic rings. The van der Waals surface area contributed by atoms with Crippen molar-refractivity contribution >= 4 is 23.5 Å². The first-order chi connectivity index (χ1) is 9.42. The highest BCUT2D eigenvalue weighted by Crippen LogP contribution is 2.35. The van der Waals surface area contributed by atoms with Gasteiger partial charge in [0.25, 0.3) is 5.91 Å². The standard InChI is InChI=1S/C14H16ClNO4/c1-2-14(13(19)20)6-3-7-16(14)12(18)10-5-4-9(15)8-11(10)17/h4-5,8,17H,2-3,6-7H2,1H3,(H,19,20). The van der Waals surface area contributed by atoms with E-state index in [0.29, 0.717) is 30.8 Å². The molecule has 1 unspecified atom stereocenters. The summed E-state index contributed by atoms with van der Waals surface area (Å²) in [6.07, 6.45) is 1.40. The average Bonchev–Trinajstić information content (AvgIpc) is 2.83. The number of carbonyl (C=O) groups excluding carboxylic acids is 1. The van der Waals surface area contributed by atoms with Gasteiger partial charge in [0.2, 0.25) is 0 Å². The van der Waals surface area contributed by atoms with Crippen LogP contribution >= 0.6 is 11.6 Å². The van der Waals surface area contributed by atoms with Crippen molar-refractivity contribution in [1.29, 1.82) is 0 Å². The molecule has 1 atom stereocenters. The van der Waals surface area contributed by atoms with Crippen molar-refractivity contribution in [1.82, 2.24) is 4.90 Å². The molecule has 0 aliphatic carbocycles. The predicted octanol–water partition coefficient (Wildman–Crippen LogP) is 2.52. The number of phenols is 1. The number of amides is 1. The minimum atomic E-state index is -1.18. The first kappa shape index (κ1) is 14.7. The van der Waals surface area contributed by atoms with Gasteiger partial charge in [-0.3, -0.25) is 4.79 Å². The summed E-state index contributed by atoms with van der Waals surface area (Å²) >= 11 is 5.74. The first-order valence-electron chi connectivity index (χ1n) is 6.46. The number of carboxylic acid groups (broad SMARTS) is 1. The Kier molecular flexibility index (Phi) is 3.90. The predicted molar refractivity (Wildman–Crippen MR) is 74.0 cm³/mol. The number of hydrogen-bond donors (Lipinski definition) is 2. The SMILES string of the molecule is CCC1(C(=O)O)CCCN1C(=O)c1ccc(Cl)cc1O. The molecule has 1 aliphatic heterocycles. The minimum absolute atomic E-state index is 0.0791. The van der Waals surface area contributed by atoms with Crippen molar-refractivity contribution in [2.75, 3.05) is 6.54 Å². The number of carbonyl (C=O) groups is 2. The quantitative estimate of drug-likeness (QED) is 0.898. The van der Waals surface area contributed by atoms with Crippen LogP contribution in [0, 0.1) is 0 Å². The van der Waals surface area contributed by atoms with Gasteiger partial charge in [0.05, 0.1) is 5.56 Å². The van der Waals surface area contributed by atoms with Gasteiger partial charge in [0, 0.05) is 11.6 Å². The van der Waals surface area contributed by atoms with Crippen LogP contribution < -0.4 is 0 Å². The van der Waals surface area contributed by atoms with Gasteiger partial charge in [-0.1, -0.05) is 18.5 Å². The number of carboxylic acids is 1. The molecule has 5 nitrogen and oxygen atoms in total. The Morgan fingerprint density at radius 3 is 2.70 bits per heavy atom. The van der Waals surface area contributed by atoms with Gasteiger partial charge < -0.3 is 15.1 Å². The Labute approximate surface area is 121 Å². The van der Waals surface area contributed by atoms with Gasteiger partial charge in [0.1, 0.15) is 11.3 Å². The van der Waals surface area contributed by atoms with E-state index in [0.717, 1.165) is 0 Å². The van der Waals surface area contributed by atoms with Crippen molar-refractivity contribution in [3.63, 3.8) is 0 Å². The summed E-state index contributed by atoms with van der Waals surface area (Å²) in [7, 11) is 0. The summed E-state index contributed by atoms with van der Waals surface area (Å²) in [6, 6.07) is 4.19. The molecule has 2 rings (SSSR count). The molecule has 20 heavy (non-hydrogen) atoms. The summed E-state index contributed by atoms with van der Waals surface area (Å²) in [6.45, 7) is 2.13. The third kappa shape index (κ3) is 2.22. The fraction of sp³-hybridized carbons (Fsp3) is 0.429. The van der Waals surface area contributed by atoms with Crippen molar-refractivity contribution in [3.8, 4) is 5.75 Å². The van der Waals surface area contributed by atoms with Crippen molar-refractivity contribution in [2.24, 2.45) is 0 Å². The second kappa shape index (κ2) is 5.32. The Bertz CT molecular complexity index is 560. The lowest BCUT2D eigenvalue weighted by molar-refractivity contribution is -0.148. The summed E-state index contributed by atoms with van der Waals surface area (Å²) < 4.78 is 0. The number of rotatable bonds is 3. The zero-order valence-electron chi connectivity index (χ0n) is 11.1. The molecule has 0 bridgehead atoms. The second-order valence-electron chi connectivity index (χ2n) is 4.91. The Morgan fingerprint density at radius 2 is 2.15 bits per heavy atom. The fourth-order valence-corrected chi connectivity index (χ4v) is 2.91. The maximum absolute atomic E-state index is 12.5. The Hall–Kier alpha value is -1.75. The summed E-state index contributed by atoms with van der Waals surface area (Å²) in [5.74, 6) is -1.70. The smallest absolute Gasteiger partial charge is 0.329 e. The molecule has 1 aliphatic rings. The second-order valence-corrected chi connectivity index (χ2v) is 5.35. The van der Waals surface area contributed by atoms with Gasteiger partial charge in [0.15, 0.2) is 0 Å². The molecule has 6 heteroatoms. The van der Waals surface area contributed by atoms with Gasteiger partial charge >= 0.3 is 5.97 Å². The molecule has 1 fully saturated rings. The molecule has 2 N–H and O–H groups in total. The normalized spacial score (nSPS) is 22.0. The molecular formula is C14H16ClNO4. The van der Waals surface area contributed by atoms with E-state index in [2.05, 4.69) is 0 Å². The molecule has 1 saturated heterocycles. The van der Waals surface area contributed by atoms with Gasteiger partial charge in [-0.05, 0) is 37.5 Å². The lowest BCUT2D eigenvalue weighted by Crippen LogP contribution is -2.52. The fourth-order valence-electron chi connectivity index (χ4n) is 2.75. The highest BCUT2D eigenvalue weighted by atomic mass is 35.5. The van der Waals surface area contributed by atoms with Crippen molar-refractivity contribution in [3.05, 3.63) is 28.8 Å². The van der Waals surface area contributed by atoms with E-state index in [1.165, 1.54) is 23.1 Å². The summed E-state index contributed by atoms with van der Waals surface area (Å²) in [5.41, 5.74) is -1.10. The van der Waals surface area contributed by atoms with Crippen LogP contribution in [0.4, 0.5) is 0 Å². The Balaban J connectivity index is 2.39. The van der Waals surface area contributed by atoms with Crippen LogP contribution in [0.2, 0.25) is 5.02 Å². The van der Waals surface area contributed by atoms with Crippen LogP contribution in [-0.2, 0) is 4.79 Å². The van der Waals surface area contributed by atoms with Crippen LogP contribution in [-0.4, -0.2) is 39.1 Å². The number of benzene rings is 1. The van der Waals surface area contributed by atoms with E-state index in [9.17, 15) is 19.8 Å². The molecule has 0 saturated carbocycles. The molecule has 0 radical (unpaired) electrons. The molecule has 0 aromatic heterocycles. The minimum Gasteiger partial charge on any atom is -0.507 e. The maximum Gasteiger partial charge on any atom is 0.329 e. The van der Waals surface area contributed by atoms with Crippen LogP contribution in [0.3, 0.4) is 0 Å². The van der Waals surface area contributed by atoms with Gasteiger partial charge in [-0.25, -0.2) is 4.79 Å². The number of likely N-dealkylation sites (tertiary alicyclic amines) is 1. The Morgan fingerprint density at radius 1 is 1.45 bits per heavy atom. The van der Waals surface area contributed by atoms with Crippen LogP contribution in [0.1, 0.15) is 36.5 Å². The van der Waals surface area contributed by atoms with E-state index in [4.69, 9.17) is 11.6 Å². The van der Waals surface area contributed by atoms with Gasteiger partial charge in [-0.2, -0.15) is 0 Å². The molecular weight excluding hydrogens is 282 g/mol. The average molecular weight is 298 g/mol. The summed E-state index contributed by atoms with van der Waals surface area (Å²) in [4.78, 5) is 25.4. The molecule has 108 valence electrons. The van der Waals surface area contributed by atoms with Gasteiger partial charge in [-0.15, -0.1) is 0 Å². The molecule has 1 aromatic carbocycles. The molecule has 1 amide bonds. The molecule has 1 heterocycles. The van der Waals surface area contributed by atoms with E-state index in [-0.39, 0.29) is 11.3 Å². The first-order valence-corrected chi connectivity index (χ1v) is 6.84. The molecule has 0 spiro atoms. The van der Waals surface area contributed by atoms with Crippen molar-refractivity contribution in [2.45, 2.75) is 31.7 Å². The number of hydrogen-bond acceptors (Lipinski definition) is 3. The largest absolute Gasteiger partial charge is 0.507 e. The number of aromatic hydroxyl groups is 1. The lowest BCUT2D eigenvalue weighted by atomic mass is 9.92. The topological polar surface area (TPSA) is 77.8 Å². The van der Waals surface area contributed by atoms with E-state index >= 15 is 0 Å². The van der Waals surface area contributed by atoms with Crippen LogP contribution in [0.25, 0.3) is 0 Å². The third-order valence-corrected chi connectivity index (χ3v) is 4.14. The highest BCUT2D eigenvalue weighted by Gasteiger charge is 2.48. The zero-order chi connectivity index (χ0) is 14.9. The van der Waals surface area contributed by atoms with E-state index in [1.807, 2.05) is 0 Å². The number of phenolic OH excluding ortho intramolecular Hbond substituents is 1. The highest BCUT2D eigenvalue weighted by molar-refractivity contribution is 6.30. The summed E-state index contributed by atoms with van der Waals surface area (Å²) in [5, 5.41) is 19.6.